The first-order chi connectivity index (χ1) is 8.56. The maximum Gasteiger partial charge on any atom is 0.320 e. The average molecular weight is 271 g/mol. The third-order valence-electron chi connectivity index (χ3n) is 2.63. The molecule has 1 aromatic rings. The summed E-state index contributed by atoms with van der Waals surface area (Å²) in [6, 6.07) is 2.86. The van der Waals surface area contributed by atoms with Gasteiger partial charge in [-0.3, -0.25) is 9.59 Å². The summed E-state index contributed by atoms with van der Waals surface area (Å²) in [5, 5.41) is 22.8. The van der Waals surface area contributed by atoms with Crippen LogP contribution in [0.4, 0.5) is 0 Å². The molecule has 100 valence electrons. The van der Waals surface area contributed by atoms with E-state index in [1.807, 2.05) is 12.3 Å². The van der Waals surface area contributed by atoms with Crippen molar-refractivity contribution in [2.24, 2.45) is 0 Å². The van der Waals surface area contributed by atoms with E-state index in [-0.39, 0.29) is 6.54 Å². The number of hydrogen-bond acceptors (Lipinski definition) is 4. The Morgan fingerprint density at radius 1 is 1.39 bits per heavy atom. The molecule has 0 spiro atoms. The van der Waals surface area contributed by atoms with Crippen LogP contribution in [0, 0.1) is 0 Å². The molecule has 1 rings (SSSR count). The minimum absolute atomic E-state index is 0.132. The maximum atomic E-state index is 11.2. The second kappa shape index (κ2) is 7.13. The number of thiophene rings is 1. The summed E-state index contributed by atoms with van der Waals surface area (Å²) in [5.41, 5.74) is 0. The van der Waals surface area contributed by atoms with Crippen LogP contribution in [-0.4, -0.2) is 34.7 Å². The van der Waals surface area contributed by atoms with E-state index in [0.29, 0.717) is 6.42 Å². The molecule has 1 aromatic heterocycles. The van der Waals surface area contributed by atoms with Gasteiger partial charge < -0.3 is 15.5 Å². The van der Waals surface area contributed by atoms with Gasteiger partial charge in [0, 0.05) is 11.4 Å². The van der Waals surface area contributed by atoms with E-state index < -0.39 is 23.9 Å². The van der Waals surface area contributed by atoms with Crippen molar-refractivity contribution in [3.63, 3.8) is 0 Å². The molecule has 0 aliphatic carbocycles. The summed E-state index contributed by atoms with van der Waals surface area (Å²) in [7, 11) is 0. The Morgan fingerprint density at radius 2 is 2.11 bits per heavy atom. The van der Waals surface area contributed by atoms with Crippen LogP contribution in [0.3, 0.4) is 0 Å². The Bertz CT molecular complexity index is 391. The molecule has 0 aliphatic heterocycles. The summed E-state index contributed by atoms with van der Waals surface area (Å²) in [4.78, 5) is 22.8. The zero-order valence-electron chi connectivity index (χ0n) is 10.1. The van der Waals surface area contributed by atoms with Gasteiger partial charge in [-0.2, -0.15) is 0 Å². The molecule has 0 radical (unpaired) electrons. The van der Waals surface area contributed by atoms with E-state index in [1.165, 1.54) is 11.3 Å². The highest BCUT2D eigenvalue weighted by atomic mass is 32.1. The largest absolute Gasteiger partial charge is 0.481 e. The zero-order chi connectivity index (χ0) is 13.5. The van der Waals surface area contributed by atoms with Crippen molar-refractivity contribution >= 4 is 23.3 Å². The molecule has 0 amide bonds. The monoisotopic (exact) mass is 271 g/mol. The molecule has 3 N–H and O–H groups in total. The van der Waals surface area contributed by atoms with Crippen molar-refractivity contribution in [1.82, 2.24) is 5.32 Å². The smallest absolute Gasteiger partial charge is 0.320 e. The summed E-state index contributed by atoms with van der Waals surface area (Å²) in [6.45, 7) is 2.03. The van der Waals surface area contributed by atoms with Gasteiger partial charge in [-0.1, -0.05) is 19.4 Å². The summed E-state index contributed by atoms with van der Waals surface area (Å²) < 4.78 is 0. The lowest BCUT2D eigenvalue weighted by Crippen LogP contribution is -2.40. The Morgan fingerprint density at radius 3 is 2.56 bits per heavy atom. The first-order valence-corrected chi connectivity index (χ1v) is 6.66. The van der Waals surface area contributed by atoms with Gasteiger partial charge in [0.2, 0.25) is 0 Å². The van der Waals surface area contributed by atoms with Gasteiger partial charge in [0.25, 0.3) is 0 Å². The SMILES string of the molecule is CCCC(NCC(C(=O)O)c1cccs1)C(=O)O. The minimum atomic E-state index is -0.939. The summed E-state index contributed by atoms with van der Waals surface area (Å²) >= 11 is 1.36. The van der Waals surface area contributed by atoms with E-state index in [0.717, 1.165) is 11.3 Å². The molecule has 0 fully saturated rings. The fraction of sp³-hybridized carbons (Fsp3) is 0.500. The Labute approximate surface area is 109 Å². The summed E-state index contributed by atoms with van der Waals surface area (Å²) in [6.07, 6.45) is 1.23. The van der Waals surface area contributed by atoms with Gasteiger partial charge in [0.1, 0.15) is 12.0 Å². The van der Waals surface area contributed by atoms with Gasteiger partial charge >= 0.3 is 11.9 Å². The normalized spacial score (nSPS) is 14.1. The number of carbonyl (C=O) groups is 2. The van der Waals surface area contributed by atoms with E-state index in [1.54, 1.807) is 12.1 Å². The lowest BCUT2D eigenvalue weighted by molar-refractivity contribution is -0.141. The molecule has 2 unspecified atom stereocenters. The first-order valence-electron chi connectivity index (χ1n) is 5.78. The van der Waals surface area contributed by atoms with Gasteiger partial charge in [0.05, 0.1) is 0 Å². The van der Waals surface area contributed by atoms with Gasteiger partial charge in [-0.05, 0) is 17.9 Å². The van der Waals surface area contributed by atoms with E-state index in [4.69, 9.17) is 10.2 Å². The van der Waals surface area contributed by atoms with Crippen molar-refractivity contribution in [3.8, 4) is 0 Å². The average Bonchev–Trinajstić information content (AvgIpc) is 2.80. The second-order valence-corrected chi connectivity index (χ2v) is 4.97. The van der Waals surface area contributed by atoms with Crippen molar-refractivity contribution in [2.45, 2.75) is 31.7 Å². The molecule has 0 aromatic carbocycles. The van der Waals surface area contributed by atoms with Crippen LogP contribution in [-0.2, 0) is 9.59 Å². The van der Waals surface area contributed by atoms with Crippen molar-refractivity contribution in [2.75, 3.05) is 6.54 Å². The molecule has 2 atom stereocenters. The molecule has 18 heavy (non-hydrogen) atoms. The predicted octanol–water partition coefficient (Wildman–Crippen LogP) is 1.76. The zero-order valence-corrected chi connectivity index (χ0v) is 10.9. The number of rotatable bonds is 8. The fourth-order valence-corrected chi connectivity index (χ4v) is 2.48. The number of carboxylic acids is 2. The van der Waals surface area contributed by atoms with Crippen LogP contribution in [0.15, 0.2) is 17.5 Å². The quantitative estimate of drug-likeness (QED) is 0.670. The summed E-state index contributed by atoms with van der Waals surface area (Å²) in [5.74, 6) is -2.57. The van der Waals surface area contributed by atoms with Crippen LogP contribution in [0.5, 0.6) is 0 Å². The van der Waals surface area contributed by atoms with Crippen LogP contribution in [0.2, 0.25) is 0 Å². The number of carboxylic acid groups (broad SMARTS) is 2. The molecule has 0 saturated carbocycles. The van der Waals surface area contributed by atoms with Crippen molar-refractivity contribution < 1.29 is 19.8 Å². The number of aliphatic carboxylic acids is 2. The molecule has 0 bridgehead atoms. The Balaban J connectivity index is 2.62. The van der Waals surface area contributed by atoms with E-state index in [2.05, 4.69) is 5.32 Å². The molecule has 5 nitrogen and oxygen atoms in total. The third-order valence-corrected chi connectivity index (χ3v) is 3.61. The highest BCUT2D eigenvalue weighted by Gasteiger charge is 2.24. The lowest BCUT2D eigenvalue weighted by atomic mass is 10.1. The minimum Gasteiger partial charge on any atom is -0.481 e. The topological polar surface area (TPSA) is 86.6 Å². The highest BCUT2D eigenvalue weighted by molar-refractivity contribution is 7.10. The van der Waals surface area contributed by atoms with E-state index >= 15 is 0 Å². The molecular weight excluding hydrogens is 254 g/mol. The van der Waals surface area contributed by atoms with Gasteiger partial charge in [-0.15, -0.1) is 11.3 Å². The number of hydrogen-bond donors (Lipinski definition) is 3. The molecule has 0 aliphatic rings. The standard InChI is InChI=1S/C12H17NO4S/c1-2-4-9(12(16)17)13-7-8(11(14)15)10-5-3-6-18-10/h3,5-6,8-9,13H,2,4,7H2,1H3,(H,14,15)(H,16,17). The second-order valence-electron chi connectivity index (χ2n) is 3.99. The molecule has 6 heteroatoms. The van der Waals surface area contributed by atoms with Crippen LogP contribution >= 0.6 is 11.3 Å². The van der Waals surface area contributed by atoms with Gasteiger partial charge in [0.15, 0.2) is 0 Å². The predicted molar refractivity (Wildman–Crippen MR) is 69.0 cm³/mol. The molecule has 1 heterocycles. The Kier molecular flexibility index (Phi) is 5.80. The third kappa shape index (κ3) is 4.12. The molecular formula is C12H17NO4S. The first kappa shape index (κ1) is 14.7. The Hall–Kier alpha value is -1.40. The van der Waals surface area contributed by atoms with E-state index in [9.17, 15) is 9.59 Å². The fourth-order valence-electron chi connectivity index (χ4n) is 1.66. The number of nitrogens with one attached hydrogen (secondary N) is 1. The lowest BCUT2D eigenvalue weighted by Gasteiger charge is -2.17. The van der Waals surface area contributed by atoms with Crippen LogP contribution in [0.1, 0.15) is 30.6 Å². The maximum absolute atomic E-state index is 11.2. The molecule has 0 saturated heterocycles. The van der Waals surface area contributed by atoms with Crippen molar-refractivity contribution in [1.29, 1.82) is 0 Å². The van der Waals surface area contributed by atoms with Gasteiger partial charge in [-0.25, -0.2) is 0 Å². The van der Waals surface area contributed by atoms with Crippen LogP contribution < -0.4 is 5.32 Å². The van der Waals surface area contributed by atoms with Crippen LogP contribution in [0.25, 0.3) is 0 Å². The van der Waals surface area contributed by atoms with Crippen molar-refractivity contribution in [3.05, 3.63) is 22.4 Å². The highest BCUT2D eigenvalue weighted by Crippen LogP contribution is 2.21.